The van der Waals surface area contributed by atoms with Crippen molar-refractivity contribution in [3.8, 4) is 0 Å². The Labute approximate surface area is 117 Å². The lowest BCUT2D eigenvalue weighted by atomic mass is 9.98. The average Bonchev–Trinajstić information content (AvgIpc) is 2.73. The molecule has 4 atom stereocenters. The molecule has 1 aliphatic heterocycles. The molecule has 0 bridgehead atoms. The third-order valence-electron chi connectivity index (χ3n) is 5.06. The molecule has 0 aromatic heterocycles. The zero-order chi connectivity index (χ0) is 14.5. The lowest BCUT2D eigenvalue weighted by Crippen LogP contribution is -2.48. The number of hydrogen-bond acceptors (Lipinski definition) is 4. The van der Waals surface area contributed by atoms with Crippen LogP contribution in [0.15, 0.2) is 0 Å². The largest absolute Gasteiger partial charge is 0.411 e. The number of rotatable bonds is 3. The van der Waals surface area contributed by atoms with Gasteiger partial charge in [-0.15, -0.1) is 0 Å². The highest BCUT2D eigenvalue weighted by atomic mass is 28.4. The van der Waals surface area contributed by atoms with Crippen LogP contribution < -0.4 is 0 Å². The fourth-order valence-electron chi connectivity index (χ4n) is 2.78. The first-order chi connectivity index (χ1) is 8.59. The molecule has 1 unspecified atom stereocenters. The van der Waals surface area contributed by atoms with Crippen LogP contribution in [0.1, 0.15) is 40.0 Å². The maximum absolute atomic E-state index is 10.6. The van der Waals surface area contributed by atoms with Crippen molar-refractivity contribution >= 4 is 8.32 Å². The lowest BCUT2D eigenvalue weighted by Gasteiger charge is -2.39. The first-order valence-corrected chi connectivity index (χ1v) is 10.1. The summed E-state index contributed by atoms with van der Waals surface area (Å²) >= 11 is 0. The van der Waals surface area contributed by atoms with E-state index in [0.717, 1.165) is 12.8 Å². The van der Waals surface area contributed by atoms with E-state index in [1.54, 1.807) is 7.11 Å². The minimum atomic E-state index is -1.83. The molecule has 5 heteroatoms. The van der Waals surface area contributed by atoms with Gasteiger partial charge in [-0.25, -0.2) is 0 Å². The van der Waals surface area contributed by atoms with Crippen LogP contribution in [-0.2, 0) is 13.9 Å². The molecule has 1 aliphatic carbocycles. The Kier molecular flexibility index (Phi) is 3.91. The number of fused-ring (bicyclic) bond motifs is 1. The van der Waals surface area contributed by atoms with Gasteiger partial charge in [-0.3, -0.25) is 0 Å². The first-order valence-electron chi connectivity index (χ1n) is 7.17. The zero-order valence-electron chi connectivity index (χ0n) is 13.0. The van der Waals surface area contributed by atoms with Crippen molar-refractivity contribution in [2.75, 3.05) is 7.11 Å². The van der Waals surface area contributed by atoms with Crippen molar-refractivity contribution in [2.45, 2.75) is 82.3 Å². The molecule has 1 heterocycles. The summed E-state index contributed by atoms with van der Waals surface area (Å²) in [4.78, 5) is 0. The second kappa shape index (κ2) is 4.81. The summed E-state index contributed by atoms with van der Waals surface area (Å²) in [5.41, 5.74) is -0.756. The molecule has 112 valence electrons. The van der Waals surface area contributed by atoms with E-state index in [0.29, 0.717) is 6.42 Å². The van der Waals surface area contributed by atoms with E-state index in [1.807, 2.05) is 0 Å². The molecule has 1 saturated carbocycles. The van der Waals surface area contributed by atoms with Crippen LogP contribution in [0.25, 0.3) is 0 Å². The van der Waals surface area contributed by atoms with Crippen LogP contribution in [0.4, 0.5) is 0 Å². The van der Waals surface area contributed by atoms with Crippen molar-refractivity contribution in [1.82, 2.24) is 0 Å². The van der Waals surface area contributed by atoms with Crippen molar-refractivity contribution < 1.29 is 19.0 Å². The van der Waals surface area contributed by atoms with Gasteiger partial charge in [-0.1, -0.05) is 20.8 Å². The molecule has 2 aliphatic rings. The average molecular weight is 288 g/mol. The maximum Gasteiger partial charge on any atom is 0.192 e. The molecule has 0 spiro atoms. The summed E-state index contributed by atoms with van der Waals surface area (Å²) in [6.45, 7) is 11.2. The molecular formula is C14H28O4Si. The summed E-state index contributed by atoms with van der Waals surface area (Å²) in [6, 6.07) is 0. The van der Waals surface area contributed by atoms with Crippen molar-refractivity contribution in [3.05, 3.63) is 0 Å². The molecule has 0 amide bonds. The Morgan fingerprint density at radius 3 is 2.47 bits per heavy atom. The van der Waals surface area contributed by atoms with Gasteiger partial charge in [0.2, 0.25) is 0 Å². The van der Waals surface area contributed by atoms with Gasteiger partial charge in [-0.05, 0) is 31.0 Å². The first kappa shape index (κ1) is 15.4. The van der Waals surface area contributed by atoms with E-state index in [2.05, 4.69) is 33.9 Å². The predicted octanol–water partition coefficient (Wildman–Crippen LogP) is 2.66. The summed E-state index contributed by atoms with van der Waals surface area (Å²) in [6.07, 6.45) is 1.67. The standard InChI is InChI=1S/C14H28O4Si/c1-13(2,3)19(5,6)18-10-7-8-14(15)9-11(16-4)17-12(10)14/h10-12,15H,7-9H2,1-6H3/t10-,11?,12+,14-/m0/s1. The van der Waals surface area contributed by atoms with Gasteiger partial charge in [0.1, 0.15) is 6.10 Å². The number of ether oxygens (including phenoxy) is 2. The molecule has 4 nitrogen and oxygen atoms in total. The second-order valence-corrected chi connectivity index (χ2v) is 12.2. The third-order valence-corrected chi connectivity index (χ3v) is 9.57. The minimum absolute atomic E-state index is 0.00559. The Balaban J connectivity index is 2.08. The van der Waals surface area contributed by atoms with Gasteiger partial charge in [0.05, 0.1) is 11.7 Å². The molecule has 1 saturated heterocycles. The molecule has 0 aromatic rings. The van der Waals surface area contributed by atoms with Crippen LogP contribution in [-0.4, -0.2) is 44.6 Å². The van der Waals surface area contributed by atoms with Crippen LogP contribution in [0.5, 0.6) is 0 Å². The monoisotopic (exact) mass is 288 g/mol. The zero-order valence-corrected chi connectivity index (χ0v) is 14.0. The van der Waals surface area contributed by atoms with E-state index in [-0.39, 0.29) is 23.5 Å². The van der Waals surface area contributed by atoms with Crippen LogP contribution in [0.3, 0.4) is 0 Å². The van der Waals surface area contributed by atoms with E-state index < -0.39 is 13.9 Å². The van der Waals surface area contributed by atoms with E-state index in [4.69, 9.17) is 13.9 Å². The van der Waals surface area contributed by atoms with Gasteiger partial charge < -0.3 is 19.0 Å². The topological polar surface area (TPSA) is 47.9 Å². The summed E-state index contributed by atoms with van der Waals surface area (Å²) in [5, 5.41) is 10.8. The Bertz CT molecular complexity index is 339. The quantitative estimate of drug-likeness (QED) is 0.811. The lowest BCUT2D eigenvalue weighted by molar-refractivity contribution is -0.140. The fourth-order valence-corrected chi connectivity index (χ4v) is 4.13. The Hall–Kier alpha value is 0.0569. The second-order valence-electron chi connectivity index (χ2n) is 7.48. The molecule has 19 heavy (non-hydrogen) atoms. The van der Waals surface area contributed by atoms with Crippen molar-refractivity contribution in [3.63, 3.8) is 0 Å². The van der Waals surface area contributed by atoms with Crippen LogP contribution in [0.2, 0.25) is 18.1 Å². The number of methoxy groups -OCH3 is 1. The molecular weight excluding hydrogens is 260 g/mol. The summed E-state index contributed by atoms with van der Waals surface area (Å²) < 4.78 is 17.5. The van der Waals surface area contributed by atoms with Crippen molar-refractivity contribution in [2.24, 2.45) is 0 Å². The fraction of sp³-hybridized carbons (Fsp3) is 1.00. The predicted molar refractivity (Wildman–Crippen MR) is 76.5 cm³/mol. The van der Waals surface area contributed by atoms with Gasteiger partial charge in [-0.2, -0.15) is 0 Å². The summed E-state index contributed by atoms with van der Waals surface area (Å²) in [7, 11) is -0.203. The van der Waals surface area contributed by atoms with E-state index >= 15 is 0 Å². The number of hydrogen-bond donors (Lipinski definition) is 1. The van der Waals surface area contributed by atoms with Gasteiger partial charge in [0.25, 0.3) is 0 Å². The highest BCUT2D eigenvalue weighted by Gasteiger charge is 2.57. The van der Waals surface area contributed by atoms with E-state index in [9.17, 15) is 5.11 Å². The molecule has 2 fully saturated rings. The highest BCUT2D eigenvalue weighted by molar-refractivity contribution is 6.74. The normalized spacial score (nSPS) is 39.6. The van der Waals surface area contributed by atoms with Gasteiger partial charge in [0, 0.05) is 13.5 Å². The third kappa shape index (κ3) is 2.76. The van der Waals surface area contributed by atoms with Gasteiger partial charge >= 0.3 is 0 Å². The Morgan fingerprint density at radius 2 is 1.95 bits per heavy atom. The smallest absolute Gasteiger partial charge is 0.192 e. The van der Waals surface area contributed by atoms with Crippen LogP contribution >= 0.6 is 0 Å². The minimum Gasteiger partial charge on any atom is -0.411 e. The highest BCUT2D eigenvalue weighted by Crippen LogP contribution is 2.47. The van der Waals surface area contributed by atoms with E-state index in [1.165, 1.54) is 0 Å². The molecule has 2 rings (SSSR count). The van der Waals surface area contributed by atoms with Crippen LogP contribution in [0, 0.1) is 0 Å². The van der Waals surface area contributed by atoms with Gasteiger partial charge in [0.15, 0.2) is 14.6 Å². The molecule has 1 N–H and O–H groups in total. The van der Waals surface area contributed by atoms with Crippen molar-refractivity contribution in [1.29, 1.82) is 0 Å². The molecule has 0 radical (unpaired) electrons. The maximum atomic E-state index is 10.6. The summed E-state index contributed by atoms with van der Waals surface area (Å²) in [5.74, 6) is 0. The Morgan fingerprint density at radius 1 is 1.32 bits per heavy atom. The number of aliphatic hydroxyl groups is 1. The molecule has 0 aromatic carbocycles. The SMILES string of the molecule is COC1C[C@@]2(O)CC[C@H](O[Si](C)(C)C(C)(C)C)[C@H]2O1.